The molecule has 1 saturated carbocycles. The maximum atomic E-state index is 12.4. The molecule has 0 saturated heterocycles. The fourth-order valence-corrected chi connectivity index (χ4v) is 2.64. The molecule has 0 atom stereocenters. The molecule has 2 aliphatic rings. The molecule has 0 radical (unpaired) electrons. The van der Waals surface area contributed by atoms with E-state index in [2.05, 4.69) is 0 Å². The van der Waals surface area contributed by atoms with Crippen molar-refractivity contribution < 1.29 is 14.3 Å². The Bertz CT molecular complexity index is 584. The zero-order valence-electron chi connectivity index (χ0n) is 12.0. The summed E-state index contributed by atoms with van der Waals surface area (Å²) in [5.74, 6) is 0.336. The normalized spacial score (nSPS) is 17.2. The predicted molar refractivity (Wildman–Crippen MR) is 79.1 cm³/mol. The van der Waals surface area contributed by atoms with Gasteiger partial charge in [0.1, 0.15) is 12.3 Å². The third kappa shape index (κ3) is 2.66. The van der Waals surface area contributed by atoms with Crippen molar-refractivity contribution in [3.8, 4) is 5.75 Å². The van der Waals surface area contributed by atoms with Crippen LogP contribution in [0.15, 0.2) is 18.2 Å². The highest BCUT2D eigenvalue weighted by Crippen LogP contribution is 2.34. The average Bonchev–Trinajstić information content (AvgIpc) is 3.27. The van der Waals surface area contributed by atoms with E-state index in [0.717, 1.165) is 12.8 Å². The van der Waals surface area contributed by atoms with Crippen molar-refractivity contribution in [2.45, 2.75) is 25.8 Å². The number of benzene rings is 1. The molecule has 0 bridgehead atoms. The molecule has 2 N–H and O–H groups in total. The van der Waals surface area contributed by atoms with Crippen molar-refractivity contribution >= 4 is 23.2 Å². The van der Waals surface area contributed by atoms with E-state index in [1.165, 1.54) is 4.90 Å². The van der Waals surface area contributed by atoms with Gasteiger partial charge in [-0.05, 0) is 31.9 Å². The first kappa shape index (κ1) is 13.7. The summed E-state index contributed by atoms with van der Waals surface area (Å²) >= 11 is 0. The summed E-state index contributed by atoms with van der Waals surface area (Å²) in [6, 6.07) is 5.46. The molecule has 6 nitrogen and oxygen atoms in total. The van der Waals surface area contributed by atoms with Crippen LogP contribution in [-0.4, -0.2) is 42.5 Å². The predicted octanol–water partition coefficient (Wildman–Crippen LogP) is 1.01. The number of carbonyl (C=O) groups excluding carboxylic acids is 2. The third-order valence-corrected chi connectivity index (χ3v) is 3.87. The Morgan fingerprint density at radius 2 is 2.24 bits per heavy atom. The van der Waals surface area contributed by atoms with Crippen LogP contribution in [0.2, 0.25) is 0 Å². The highest BCUT2D eigenvalue weighted by molar-refractivity contribution is 6.02. The zero-order valence-corrected chi connectivity index (χ0v) is 12.0. The zero-order chi connectivity index (χ0) is 15.0. The van der Waals surface area contributed by atoms with Gasteiger partial charge in [0.2, 0.25) is 5.91 Å². The Hall–Kier alpha value is -2.24. The molecule has 1 aliphatic carbocycles. The fourth-order valence-electron chi connectivity index (χ4n) is 2.64. The standard InChI is InChI=1S/C15H19N3O3/c1-2-17(11-4-5-11)14(19)8-18-12-6-3-10(16)7-13(12)21-9-15(18)20/h3,6-7,11H,2,4-5,8-9,16H2,1H3. The maximum absolute atomic E-state index is 12.4. The van der Waals surface area contributed by atoms with Crippen molar-refractivity contribution in [2.24, 2.45) is 0 Å². The van der Waals surface area contributed by atoms with Gasteiger partial charge in [0.15, 0.2) is 6.61 Å². The molecule has 1 aromatic rings. The number of fused-ring (bicyclic) bond motifs is 1. The van der Waals surface area contributed by atoms with Crippen LogP contribution in [0.3, 0.4) is 0 Å². The quantitative estimate of drug-likeness (QED) is 0.839. The molecule has 1 heterocycles. The number of hydrogen-bond acceptors (Lipinski definition) is 4. The lowest BCUT2D eigenvalue weighted by atomic mass is 10.2. The molecular formula is C15H19N3O3. The van der Waals surface area contributed by atoms with Crippen LogP contribution >= 0.6 is 0 Å². The van der Waals surface area contributed by atoms with E-state index in [-0.39, 0.29) is 25.0 Å². The molecule has 2 amide bonds. The lowest BCUT2D eigenvalue weighted by molar-refractivity contribution is -0.132. The van der Waals surface area contributed by atoms with Gasteiger partial charge in [-0.15, -0.1) is 0 Å². The number of nitrogens with two attached hydrogens (primary N) is 1. The van der Waals surface area contributed by atoms with Crippen molar-refractivity contribution in [2.75, 3.05) is 30.3 Å². The largest absolute Gasteiger partial charge is 0.481 e. The molecular weight excluding hydrogens is 270 g/mol. The SMILES string of the molecule is CCN(C(=O)CN1C(=O)COc2cc(N)ccc21)C1CC1. The second-order valence-electron chi connectivity index (χ2n) is 5.41. The summed E-state index contributed by atoms with van der Waals surface area (Å²) in [7, 11) is 0. The minimum atomic E-state index is -0.201. The number of nitrogens with zero attached hydrogens (tertiary/aromatic N) is 2. The van der Waals surface area contributed by atoms with E-state index in [4.69, 9.17) is 10.5 Å². The number of likely N-dealkylation sites (N-methyl/N-ethyl adjacent to an activating group) is 1. The van der Waals surface area contributed by atoms with Crippen molar-refractivity contribution in [1.29, 1.82) is 0 Å². The number of rotatable bonds is 4. The van der Waals surface area contributed by atoms with Crippen LogP contribution in [-0.2, 0) is 9.59 Å². The monoisotopic (exact) mass is 289 g/mol. The molecule has 0 aromatic heterocycles. The van der Waals surface area contributed by atoms with Gasteiger partial charge < -0.3 is 15.4 Å². The minimum Gasteiger partial charge on any atom is -0.481 e. The van der Waals surface area contributed by atoms with Gasteiger partial charge in [0.25, 0.3) is 5.91 Å². The molecule has 21 heavy (non-hydrogen) atoms. The van der Waals surface area contributed by atoms with Gasteiger partial charge in [-0.25, -0.2) is 0 Å². The first-order valence-electron chi connectivity index (χ1n) is 7.22. The first-order chi connectivity index (χ1) is 10.1. The number of hydrogen-bond donors (Lipinski definition) is 1. The van der Waals surface area contributed by atoms with Crippen LogP contribution < -0.4 is 15.4 Å². The van der Waals surface area contributed by atoms with Crippen molar-refractivity contribution in [1.82, 2.24) is 4.90 Å². The summed E-state index contributed by atoms with van der Waals surface area (Å²) in [5.41, 5.74) is 6.91. The summed E-state index contributed by atoms with van der Waals surface area (Å²) in [6.07, 6.45) is 2.12. The van der Waals surface area contributed by atoms with Gasteiger partial charge >= 0.3 is 0 Å². The number of anilines is 2. The Morgan fingerprint density at radius 3 is 2.90 bits per heavy atom. The number of carbonyl (C=O) groups is 2. The van der Waals surface area contributed by atoms with Gasteiger partial charge in [-0.1, -0.05) is 0 Å². The summed E-state index contributed by atoms with van der Waals surface area (Å²) in [5, 5.41) is 0. The summed E-state index contributed by atoms with van der Waals surface area (Å²) in [4.78, 5) is 27.8. The number of ether oxygens (including phenoxy) is 1. The van der Waals surface area contributed by atoms with E-state index < -0.39 is 0 Å². The van der Waals surface area contributed by atoms with E-state index >= 15 is 0 Å². The molecule has 0 spiro atoms. The summed E-state index contributed by atoms with van der Waals surface area (Å²) in [6.45, 7) is 2.64. The van der Waals surface area contributed by atoms with Gasteiger partial charge in [0.05, 0.1) is 5.69 Å². The Balaban J connectivity index is 1.81. The first-order valence-corrected chi connectivity index (χ1v) is 7.22. The molecule has 1 aromatic carbocycles. The van der Waals surface area contributed by atoms with Crippen molar-refractivity contribution in [3.05, 3.63) is 18.2 Å². The minimum absolute atomic E-state index is 0.0157. The van der Waals surface area contributed by atoms with Gasteiger partial charge in [-0.2, -0.15) is 0 Å². The molecule has 3 rings (SSSR count). The molecule has 1 fully saturated rings. The topological polar surface area (TPSA) is 75.9 Å². The number of nitrogen functional groups attached to an aromatic ring is 1. The lowest BCUT2D eigenvalue weighted by Gasteiger charge is -2.31. The summed E-state index contributed by atoms with van der Waals surface area (Å²) < 4.78 is 5.38. The van der Waals surface area contributed by atoms with E-state index in [1.54, 1.807) is 18.2 Å². The second-order valence-corrected chi connectivity index (χ2v) is 5.41. The second kappa shape index (κ2) is 5.27. The molecule has 1 aliphatic heterocycles. The Labute approximate surface area is 123 Å². The van der Waals surface area contributed by atoms with E-state index in [9.17, 15) is 9.59 Å². The van der Waals surface area contributed by atoms with E-state index in [1.807, 2.05) is 11.8 Å². The lowest BCUT2D eigenvalue weighted by Crippen LogP contribution is -2.47. The Morgan fingerprint density at radius 1 is 1.48 bits per heavy atom. The molecule has 112 valence electrons. The van der Waals surface area contributed by atoms with E-state index in [0.29, 0.717) is 29.7 Å². The van der Waals surface area contributed by atoms with Crippen LogP contribution in [0.4, 0.5) is 11.4 Å². The van der Waals surface area contributed by atoms with Crippen LogP contribution in [0.1, 0.15) is 19.8 Å². The Kier molecular flexibility index (Phi) is 3.45. The van der Waals surface area contributed by atoms with Gasteiger partial charge in [0, 0.05) is 24.3 Å². The van der Waals surface area contributed by atoms with Crippen LogP contribution in [0.25, 0.3) is 0 Å². The van der Waals surface area contributed by atoms with Crippen LogP contribution in [0.5, 0.6) is 5.75 Å². The highest BCUT2D eigenvalue weighted by Gasteiger charge is 2.34. The van der Waals surface area contributed by atoms with Crippen molar-refractivity contribution in [3.63, 3.8) is 0 Å². The smallest absolute Gasteiger partial charge is 0.265 e. The third-order valence-electron chi connectivity index (χ3n) is 3.87. The van der Waals surface area contributed by atoms with Crippen LogP contribution in [0, 0.1) is 0 Å². The average molecular weight is 289 g/mol. The molecule has 6 heteroatoms. The molecule has 0 unspecified atom stereocenters. The maximum Gasteiger partial charge on any atom is 0.265 e. The number of amides is 2. The highest BCUT2D eigenvalue weighted by atomic mass is 16.5. The van der Waals surface area contributed by atoms with Gasteiger partial charge in [-0.3, -0.25) is 14.5 Å². The fraction of sp³-hybridized carbons (Fsp3) is 0.467.